The number of pyridine rings is 1. The molecule has 1 aliphatic rings. The number of imidazole rings is 1. The lowest BCUT2D eigenvalue weighted by molar-refractivity contribution is 0.0941. The second kappa shape index (κ2) is 9.57. The zero-order valence-corrected chi connectivity index (χ0v) is 19.8. The first-order valence-electron chi connectivity index (χ1n) is 11.6. The molecule has 0 radical (unpaired) electrons. The summed E-state index contributed by atoms with van der Waals surface area (Å²) in [5, 5.41) is 0. The average Bonchev–Trinajstić information content (AvgIpc) is 3.53. The van der Waals surface area contributed by atoms with E-state index in [4.69, 9.17) is 9.47 Å². The van der Waals surface area contributed by atoms with Gasteiger partial charge in [0.25, 0.3) is 6.36 Å². The third-order valence-electron chi connectivity index (χ3n) is 6.20. The Hall–Kier alpha value is -3.22. The standard InChI is InChI=1S/C27H30F2N2O3/c1-5-24(28)34-23-14-18(13-22(33-4)26(23)21(32)8-6-7-17-9-10-17)20-16-30-25-15-19(27(2,3)29)11-12-31(20)25/h5,11-17,24H,1,6-10H2,2-4H3. The van der Waals surface area contributed by atoms with Crippen LogP contribution in [0.1, 0.15) is 61.9 Å². The molecular formula is C27H30F2N2O3. The lowest BCUT2D eigenvalue weighted by Gasteiger charge is -2.17. The molecular weight excluding hydrogens is 438 g/mol. The first kappa shape index (κ1) is 23.9. The van der Waals surface area contributed by atoms with Crippen molar-refractivity contribution in [3.05, 3.63) is 60.4 Å². The van der Waals surface area contributed by atoms with Crippen LogP contribution in [0.5, 0.6) is 11.5 Å². The Bertz CT molecular complexity index is 1210. The van der Waals surface area contributed by atoms with Crippen LogP contribution in [0.15, 0.2) is 49.3 Å². The number of hydrogen-bond acceptors (Lipinski definition) is 4. The second-order valence-electron chi connectivity index (χ2n) is 9.27. The number of Topliss-reactive ketones (excluding diaryl/α,β-unsaturated/α-hetero) is 1. The number of nitrogens with zero attached hydrogens (tertiary/aromatic N) is 2. The number of benzene rings is 1. The Morgan fingerprint density at radius 2 is 2.06 bits per heavy atom. The number of ether oxygens (including phenoxy) is 2. The summed E-state index contributed by atoms with van der Waals surface area (Å²) in [5.74, 6) is 0.969. The fourth-order valence-corrected chi connectivity index (χ4v) is 4.08. The molecule has 0 bridgehead atoms. The van der Waals surface area contributed by atoms with Crippen LogP contribution >= 0.6 is 0 Å². The average molecular weight is 469 g/mol. The molecule has 34 heavy (non-hydrogen) atoms. The van der Waals surface area contributed by atoms with E-state index in [1.165, 1.54) is 33.8 Å². The normalized spacial score (nSPS) is 14.7. The minimum absolute atomic E-state index is 0.0923. The molecule has 0 aliphatic heterocycles. The summed E-state index contributed by atoms with van der Waals surface area (Å²) in [5.41, 5.74) is 1.09. The number of aromatic nitrogens is 2. The van der Waals surface area contributed by atoms with Crippen LogP contribution in [-0.4, -0.2) is 28.6 Å². The summed E-state index contributed by atoms with van der Waals surface area (Å²) in [6, 6.07) is 6.72. The molecule has 5 nitrogen and oxygen atoms in total. The maximum Gasteiger partial charge on any atom is 0.257 e. The number of alkyl halides is 2. The first-order valence-corrected chi connectivity index (χ1v) is 11.6. The summed E-state index contributed by atoms with van der Waals surface area (Å²) in [6.07, 6.45) is 7.20. The smallest absolute Gasteiger partial charge is 0.257 e. The topological polar surface area (TPSA) is 52.8 Å². The number of rotatable bonds is 11. The van der Waals surface area contributed by atoms with Crippen molar-refractivity contribution in [3.8, 4) is 22.8 Å². The summed E-state index contributed by atoms with van der Waals surface area (Å²) in [4.78, 5) is 17.5. The van der Waals surface area contributed by atoms with Gasteiger partial charge in [-0.15, -0.1) is 0 Å². The Morgan fingerprint density at radius 3 is 2.71 bits per heavy atom. The van der Waals surface area contributed by atoms with Gasteiger partial charge in [-0.05, 0) is 62.1 Å². The highest BCUT2D eigenvalue weighted by Gasteiger charge is 2.25. The van der Waals surface area contributed by atoms with Crippen LogP contribution in [0.4, 0.5) is 8.78 Å². The van der Waals surface area contributed by atoms with Crippen molar-refractivity contribution in [3.63, 3.8) is 0 Å². The molecule has 0 spiro atoms. The molecule has 2 aromatic heterocycles. The van der Waals surface area contributed by atoms with Gasteiger partial charge in [-0.1, -0.05) is 25.8 Å². The van der Waals surface area contributed by atoms with Gasteiger partial charge in [0.05, 0.1) is 19.0 Å². The lowest BCUT2D eigenvalue weighted by atomic mass is 9.99. The van der Waals surface area contributed by atoms with Gasteiger partial charge in [0, 0.05) is 18.2 Å². The van der Waals surface area contributed by atoms with E-state index in [-0.39, 0.29) is 17.1 Å². The molecule has 1 aliphatic carbocycles. The van der Waals surface area contributed by atoms with Crippen molar-refractivity contribution in [1.82, 2.24) is 9.38 Å². The van der Waals surface area contributed by atoms with Crippen molar-refractivity contribution in [2.75, 3.05) is 7.11 Å². The maximum atomic E-state index is 14.4. The molecule has 0 N–H and O–H groups in total. The van der Waals surface area contributed by atoms with Crippen LogP contribution in [0.2, 0.25) is 0 Å². The van der Waals surface area contributed by atoms with E-state index >= 15 is 0 Å². The molecule has 2 heterocycles. The number of halogens is 2. The monoisotopic (exact) mass is 468 g/mol. The highest BCUT2D eigenvalue weighted by Crippen LogP contribution is 2.39. The molecule has 1 fully saturated rings. The highest BCUT2D eigenvalue weighted by atomic mass is 19.1. The van der Waals surface area contributed by atoms with Crippen LogP contribution < -0.4 is 9.47 Å². The van der Waals surface area contributed by atoms with Crippen LogP contribution in [0, 0.1) is 5.92 Å². The number of carbonyl (C=O) groups is 1. The van der Waals surface area contributed by atoms with Crippen molar-refractivity contribution < 1.29 is 23.0 Å². The van der Waals surface area contributed by atoms with E-state index in [0.717, 1.165) is 24.8 Å². The van der Waals surface area contributed by atoms with Crippen molar-refractivity contribution in [2.24, 2.45) is 5.92 Å². The SMILES string of the molecule is C=CC(F)Oc1cc(-c2cnc3cc(C(C)(C)F)ccn23)cc(OC)c1C(=O)CCCC1CC1. The fraction of sp³-hybridized carbons (Fsp3) is 0.407. The van der Waals surface area contributed by atoms with Crippen LogP contribution in [0.3, 0.4) is 0 Å². The second-order valence-corrected chi connectivity index (χ2v) is 9.27. The van der Waals surface area contributed by atoms with E-state index in [9.17, 15) is 13.6 Å². The van der Waals surface area contributed by atoms with Gasteiger partial charge in [-0.3, -0.25) is 9.20 Å². The fourth-order valence-electron chi connectivity index (χ4n) is 4.08. The number of hydrogen-bond donors (Lipinski definition) is 0. The molecule has 1 aromatic carbocycles. The van der Waals surface area contributed by atoms with Crippen molar-refractivity contribution in [2.45, 2.75) is 58.0 Å². The van der Waals surface area contributed by atoms with Gasteiger partial charge >= 0.3 is 0 Å². The van der Waals surface area contributed by atoms with Crippen LogP contribution in [-0.2, 0) is 5.67 Å². The Kier molecular flexibility index (Phi) is 6.73. The third-order valence-corrected chi connectivity index (χ3v) is 6.20. The van der Waals surface area contributed by atoms with Crippen molar-refractivity contribution in [1.29, 1.82) is 0 Å². The van der Waals surface area contributed by atoms with E-state index in [0.29, 0.717) is 34.6 Å². The Morgan fingerprint density at radius 1 is 1.32 bits per heavy atom. The minimum Gasteiger partial charge on any atom is -0.496 e. The summed E-state index contributed by atoms with van der Waals surface area (Å²) < 4.78 is 41.4. The van der Waals surface area contributed by atoms with Crippen LogP contribution in [0.25, 0.3) is 16.9 Å². The number of carbonyl (C=O) groups excluding carboxylic acids is 1. The van der Waals surface area contributed by atoms with Gasteiger partial charge in [0.2, 0.25) is 0 Å². The highest BCUT2D eigenvalue weighted by molar-refractivity contribution is 6.02. The Labute approximate surface area is 198 Å². The summed E-state index contributed by atoms with van der Waals surface area (Å²) in [6.45, 7) is 6.41. The molecule has 0 saturated heterocycles. The number of ketones is 1. The van der Waals surface area contributed by atoms with E-state index in [1.54, 1.807) is 41.1 Å². The van der Waals surface area contributed by atoms with E-state index in [1.807, 2.05) is 0 Å². The number of methoxy groups -OCH3 is 1. The van der Waals surface area contributed by atoms with Gasteiger partial charge in [0.1, 0.15) is 28.4 Å². The first-order chi connectivity index (χ1) is 16.2. The molecule has 180 valence electrons. The zero-order chi connectivity index (χ0) is 24.5. The van der Waals surface area contributed by atoms with Gasteiger partial charge in [0.15, 0.2) is 5.78 Å². The summed E-state index contributed by atoms with van der Waals surface area (Å²) in [7, 11) is 1.47. The predicted octanol–water partition coefficient (Wildman–Crippen LogP) is 6.84. The zero-order valence-electron chi connectivity index (χ0n) is 19.8. The Balaban J connectivity index is 1.75. The van der Waals surface area contributed by atoms with Gasteiger partial charge in [-0.2, -0.15) is 4.39 Å². The molecule has 1 atom stereocenters. The quantitative estimate of drug-likeness (QED) is 0.228. The van der Waals surface area contributed by atoms with Gasteiger partial charge < -0.3 is 9.47 Å². The lowest BCUT2D eigenvalue weighted by Crippen LogP contribution is -2.12. The summed E-state index contributed by atoms with van der Waals surface area (Å²) >= 11 is 0. The molecule has 1 saturated carbocycles. The largest absolute Gasteiger partial charge is 0.496 e. The molecule has 0 amide bonds. The van der Waals surface area contributed by atoms with Gasteiger partial charge in [-0.25, -0.2) is 9.37 Å². The maximum absolute atomic E-state index is 14.4. The molecule has 7 heteroatoms. The third kappa shape index (κ3) is 5.13. The molecule has 3 aromatic rings. The predicted molar refractivity (Wildman–Crippen MR) is 128 cm³/mol. The molecule has 1 unspecified atom stereocenters. The minimum atomic E-state index is -1.78. The van der Waals surface area contributed by atoms with E-state index < -0.39 is 12.0 Å². The van der Waals surface area contributed by atoms with Crippen molar-refractivity contribution >= 4 is 11.4 Å². The number of fused-ring (bicyclic) bond motifs is 1. The van der Waals surface area contributed by atoms with E-state index in [2.05, 4.69) is 11.6 Å². The molecule has 4 rings (SSSR count).